The van der Waals surface area contributed by atoms with Crippen LogP contribution in [-0.4, -0.2) is 0 Å². The number of benzene rings is 3. The third-order valence-corrected chi connectivity index (χ3v) is 4.19. The molecule has 0 saturated carbocycles. The van der Waals surface area contributed by atoms with Gasteiger partial charge in [-0.1, -0.05) is 42.5 Å². The van der Waals surface area contributed by atoms with Gasteiger partial charge in [-0.2, -0.15) is 4.57 Å². The molecule has 3 aromatic carbocycles. The minimum atomic E-state index is 0.840. The molecule has 0 atom stereocenters. The van der Waals surface area contributed by atoms with Crippen LogP contribution in [0.5, 0.6) is 0 Å². The van der Waals surface area contributed by atoms with Crippen LogP contribution in [0, 0.1) is 0 Å². The van der Waals surface area contributed by atoms with E-state index in [0.29, 0.717) is 0 Å². The molecule has 0 unspecified atom stereocenters. The molecule has 0 saturated heterocycles. The second-order valence-corrected chi connectivity index (χ2v) is 5.66. The van der Waals surface area contributed by atoms with Crippen molar-refractivity contribution in [3.8, 4) is 0 Å². The first-order chi connectivity index (χ1) is 11.9. The van der Waals surface area contributed by atoms with Crippen molar-refractivity contribution in [2.75, 3.05) is 5.32 Å². The topological polar surface area (TPSA) is 29.1 Å². The van der Waals surface area contributed by atoms with Crippen molar-refractivity contribution in [3.63, 3.8) is 0 Å². The van der Waals surface area contributed by atoms with Gasteiger partial charge in [-0.25, -0.2) is 0 Å². The predicted molar refractivity (Wildman–Crippen MR) is 98.7 cm³/mol. The number of oxazole rings is 1. The van der Waals surface area contributed by atoms with Crippen LogP contribution in [0.25, 0.3) is 27.9 Å². The van der Waals surface area contributed by atoms with Gasteiger partial charge in [0.05, 0.1) is 6.08 Å². The van der Waals surface area contributed by atoms with Crippen LogP contribution < -0.4 is 9.88 Å². The summed E-state index contributed by atoms with van der Waals surface area (Å²) in [5.74, 6) is 0.840. The number of aryl methyl sites for hydroxylation is 1. The van der Waals surface area contributed by atoms with Gasteiger partial charge < -0.3 is 9.73 Å². The zero-order valence-electron chi connectivity index (χ0n) is 13.6. The fraction of sp³-hybridized carbons (Fsp3) is 0.0952. The lowest BCUT2D eigenvalue weighted by molar-refractivity contribution is -0.674. The summed E-state index contributed by atoms with van der Waals surface area (Å²) in [5.41, 5.74) is 3.11. The highest BCUT2D eigenvalue weighted by molar-refractivity contribution is 6.01. The molecule has 0 aliphatic rings. The summed E-state index contributed by atoms with van der Waals surface area (Å²) in [7, 11) is 0. The molecule has 0 amide bonds. The lowest BCUT2D eigenvalue weighted by Crippen LogP contribution is -2.33. The van der Waals surface area contributed by atoms with E-state index >= 15 is 0 Å². The molecule has 0 bridgehead atoms. The Kier molecular flexibility index (Phi) is 3.75. The summed E-state index contributed by atoms with van der Waals surface area (Å²) in [4.78, 5) is 0. The van der Waals surface area contributed by atoms with E-state index in [4.69, 9.17) is 4.42 Å². The highest BCUT2D eigenvalue weighted by Crippen LogP contribution is 2.25. The Morgan fingerprint density at radius 1 is 0.958 bits per heavy atom. The first kappa shape index (κ1) is 14.5. The molecule has 4 aromatic rings. The fourth-order valence-corrected chi connectivity index (χ4v) is 3.02. The highest BCUT2D eigenvalue weighted by atomic mass is 16.4. The number of fused-ring (bicyclic) bond motifs is 3. The fourth-order valence-electron chi connectivity index (χ4n) is 3.02. The number of nitrogens with zero attached hydrogens (tertiary/aromatic N) is 1. The van der Waals surface area contributed by atoms with Gasteiger partial charge in [0, 0.05) is 23.3 Å². The molecule has 0 fully saturated rings. The maximum absolute atomic E-state index is 6.18. The van der Waals surface area contributed by atoms with Gasteiger partial charge in [-0.3, -0.25) is 0 Å². The number of nitrogens with one attached hydrogen (secondary N) is 1. The van der Waals surface area contributed by atoms with Gasteiger partial charge in [0.25, 0.3) is 5.52 Å². The van der Waals surface area contributed by atoms with Crippen LogP contribution in [0.3, 0.4) is 0 Å². The third-order valence-electron chi connectivity index (χ3n) is 4.19. The van der Waals surface area contributed by atoms with Crippen molar-refractivity contribution in [1.82, 2.24) is 0 Å². The summed E-state index contributed by atoms with van der Waals surface area (Å²) in [6.45, 7) is 2.99. The second-order valence-electron chi connectivity index (χ2n) is 5.66. The molecule has 0 radical (unpaired) electrons. The molecule has 3 heteroatoms. The molecule has 24 heavy (non-hydrogen) atoms. The zero-order chi connectivity index (χ0) is 16.4. The van der Waals surface area contributed by atoms with Crippen LogP contribution >= 0.6 is 0 Å². The first-order valence-electron chi connectivity index (χ1n) is 8.19. The van der Waals surface area contributed by atoms with Crippen molar-refractivity contribution in [2.24, 2.45) is 0 Å². The number of para-hydroxylation sites is 1. The molecule has 0 aliphatic carbocycles. The maximum Gasteiger partial charge on any atom is 0.375 e. The van der Waals surface area contributed by atoms with Gasteiger partial charge in [-0.05, 0) is 30.5 Å². The summed E-state index contributed by atoms with van der Waals surface area (Å²) in [6.07, 6.45) is 3.90. The average Bonchev–Trinajstić information content (AvgIpc) is 3.00. The van der Waals surface area contributed by atoms with Crippen LogP contribution in [-0.2, 0) is 6.54 Å². The van der Waals surface area contributed by atoms with E-state index in [0.717, 1.165) is 34.6 Å². The Labute approximate surface area is 140 Å². The number of rotatable bonds is 4. The predicted octanol–water partition coefficient (Wildman–Crippen LogP) is 4.98. The van der Waals surface area contributed by atoms with Crippen LogP contribution in [0.15, 0.2) is 77.3 Å². The zero-order valence-corrected chi connectivity index (χ0v) is 13.6. The van der Waals surface area contributed by atoms with Gasteiger partial charge >= 0.3 is 5.89 Å². The maximum atomic E-state index is 6.18. The number of anilines is 1. The minimum absolute atomic E-state index is 0.840. The molecule has 1 N–H and O–H groups in total. The van der Waals surface area contributed by atoms with Crippen LogP contribution in [0.1, 0.15) is 12.8 Å². The smallest absolute Gasteiger partial charge is 0.375 e. The number of hydrogen-bond acceptors (Lipinski definition) is 2. The van der Waals surface area contributed by atoms with Gasteiger partial charge in [0.15, 0.2) is 0 Å². The third kappa shape index (κ3) is 2.54. The summed E-state index contributed by atoms with van der Waals surface area (Å²) < 4.78 is 8.36. The van der Waals surface area contributed by atoms with E-state index in [1.165, 1.54) is 5.39 Å². The standard InChI is InChI=1S/C21H18N2O/c1-2-23-19-13-12-16-8-6-7-11-18(16)21(19)24-20(23)14-15-22-17-9-4-3-5-10-17/h3-15H,2H2,1H3/p+1. The van der Waals surface area contributed by atoms with Crippen molar-refractivity contribution in [1.29, 1.82) is 0 Å². The molecular formula is C21H19N2O+. The summed E-state index contributed by atoms with van der Waals surface area (Å²) in [5, 5.41) is 5.61. The van der Waals surface area contributed by atoms with E-state index in [1.54, 1.807) is 0 Å². The Balaban J connectivity index is 1.76. The normalized spacial score (nSPS) is 11.5. The van der Waals surface area contributed by atoms with Crippen molar-refractivity contribution in [2.45, 2.75) is 13.5 Å². The van der Waals surface area contributed by atoms with Crippen LogP contribution in [0.4, 0.5) is 5.69 Å². The molecule has 0 spiro atoms. The van der Waals surface area contributed by atoms with E-state index in [-0.39, 0.29) is 0 Å². The van der Waals surface area contributed by atoms with Gasteiger partial charge in [0.2, 0.25) is 5.58 Å². The number of hydrogen-bond donors (Lipinski definition) is 1. The lowest BCUT2D eigenvalue weighted by Gasteiger charge is -1.97. The molecule has 1 aromatic heterocycles. The highest BCUT2D eigenvalue weighted by Gasteiger charge is 2.20. The molecule has 3 nitrogen and oxygen atoms in total. The molecular weight excluding hydrogens is 296 g/mol. The summed E-state index contributed by atoms with van der Waals surface area (Å²) in [6, 6.07) is 22.7. The van der Waals surface area contributed by atoms with Gasteiger partial charge in [-0.15, -0.1) is 0 Å². The molecule has 0 aliphatic heterocycles. The second kappa shape index (κ2) is 6.20. The lowest BCUT2D eigenvalue weighted by atomic mass is 10.1. The van der Waals surface area contributed by atoms with E-state index in [9.17, 15) is 0 Å². The van der Waals surface area contributed by atoms with E-state index in [2.05, 4.69) is 47.1 Å². The van der Waals surface area contributed by atoms with Crippen molar-refractivity contribution < 1.29 is 8.98 Å². The Hall–Kier alpha value is -3.07. The van der Waals surface area contributed by atoms with Crippen LogP contribution in [0.2, 0.25) is 0 Å². The summed E-state index contributed by atoms with van der Waals surface area (Å²) >= 11 is 0. The largest absolute Gasteiger partial charge is 0.397 e. The monoisotopic (exact) mass is 315 g/mol. The molecule has 1 heterocycles. The number of aromatic nitrogens is 1. The van der Waals surface area contributed by atoms with Crippen molar-refractivity contribution >= 4 is 33.6 Å². The molecule has 118 valence electrons. The minimum Gasteiger partial charge on any atom is -0.397 e. The Morgan fingerprint density at radius 2 is 1.75 bits per heavy atom. The van der Waals surface area contributed by atoms with E-state index < -0.39 is 0 Å². The average molecular weight is 315 g/mol. The Bertz CT molecular complexity index is 1020. The van der Waals surface area contributed by atoms with Crippen molar-refractivity contribution in [3.05, 3.63) is 78.8 Å². The Morgan fingerprint density at radius 3 is 2.58 bits per heavy atom. The van der Waals surface area contributed by atoms with Gasteiger partial charge in [0.1, 0.15) is 6.54 Å². The quantitative estimate of drug-likeness (QED) is 0.538. The first-order valence-corrected chi connectivity index (χ1v) is 8.19. The van der Waals surface area contributed by atoms with E-state index in [1.807, 2.05) is 48.7 Å². The SMILES string of the molecule is CC[n+]1c(/C=C/Nc2ccccc2)oc2c3ccccc3ccc21. The molecule has 4 rings (SSSR count).